The summed E-state index contributed by atoms with van der Waals surface area (Å²) in [6.07, 6.45) is 2.84. The normalized spacial score (nSPS) is 13.8. The van der Waals surface area contributed by atoms with E-state index in [1.165, 1.54) is 11.3 Å². The van der Waals surface area contributed by atoms with Gasteiger partial charge in [-0.1, -0.05) is 18.2 Å². The van der Waals surface area contributed by atoms with E-state index in [1.807, 2.05) is 13.0 Å². The largest absolute Gasteiger partial charge is 0.392 e. The molecule has 2 aromatic rings. The van der Waals surface area contributed by atoms with E-state index >= 15 is 0 Å². The van der Waals surface area contributed by atoms with Gasteiger partial charge in [-0.25, -0.2) is 4.98 Å². The third kappa shape index (κ3) is 1.77. The first-order valence-electron chi connectivity index (χ1n) is 6.21. The Morgan fingerprint density at radius 3 is 2.94 bits per heavy atom. The van der Waals surface area contributed by atoms with Crippen molar-refractivity contribution in [3.63, 3.8) is 0 Å². The number of benzene rings is 1. The number of para-hydroxylation sites is 1. The quantitative estimate of drug-likeness (QED) is 0.876. The van der Waals surface area contributed by atoms with Crippen LogP contribution < -0.4 is 4.90 Å². The maximum absolute atomic E-state index is 9.18. The molecular weight excluding hydrogens is 224 g/mol. The fourth-order valence-corrected chi connectivity index (χ4v) is 2.46. The van der Waals surface area contributed by atoms with E-state index in [0.29, 0.717) is 0 Å². The smallest absolute Gasteiger partial charge is 0.133 e. The van der Waals surface area contributed by atoms with E-state index in [-0.39, 0.29) is 6.61 Å². The third-order valence-electron chi connectivity index (χ3n) is 3.54. The van der Waals surface area contributed by atoms with Crippen molar-refractivity contribution < 1.29 is 5.11 Å². The molecule has 92 valence electrons. The molecule has 1 aliphatic heterocycles. The Labute approximate surface area is 107 Å². The first-order valence-corrected chi connectivity index (χ1v) is 6.21. The van der Waals surface area contributed by atoms with Crippen LogP contribution in [0.2, 0.25) is 0 Å². The number of hydrogen-bond acceptors (Lipinski definition) is 3. The predicted octanol–water partition coefficient (Wildman–Crippen LogP) is 2.58. The summed E-state index contributed by atoms with van der Waals surface area (Å²) in [4.78, 5) is 6.70. The Kier molecular flexibility index (Phi) is 2.76. The lowest BCUT2D eigenvalue weighted by atomic mass is 10.1. The maximum Gasteiger partial charge on any atom is 0.133 e. The number of fused-ring (bicyclic) bond motifs is 1. The Hall–Kier alpha value is -1.87. The lowest BCUT2D eigenvalue weighted by Crippen LogP contribution is -2.15. The molecule has 3 nitrogen and oxygen atoms in total. The van der Waals surface area contributed by atoms with Gasteiger partial charge in [0.2, 0.25) is 0 Å². The first kappa shape index (κ1) is 11.2. The molecule has 0 atom stereocenters. The molecule has 1 aromatic heterocycles. The molecule has 0 radical (unpaired) electrons. The molecule has 2 heterocycles. The average Bonchev–Trinajstić information content (AvgIpc) is 2.82. The van der Waals surface area contributed by atoms with Gasteiger partial charge in [-0.2, -0.15) is 0 Å². The zero-order valence-corrected chi connectivity index (χ0v) is 10.4. The minimum absolute atomic E-state index is 0.0513. The van der Waals surface area contributed by atoms with E-state index in [2.05, 4.69) is 34.1 Å². The Morgan fingerprint density at radius 2 is 2.17 bits per heavy atom. The van der Waals surface area contributed by atoms with Gasteiger partial charge in [0.15, 0.2) is 0 Å². The van der Waals surface area contributed by atoms with Gasteiger partial charge in [-0.15, -0.1) is 0 Å². The highest BCUT2D eigenvalue weighted by Gasteiger charge is 2.20. The number of aliphatic hydroxyl groups is 1. The number of anilines is 2. The molecule has 1 N–H and O–H groups in total. The van der Waals surface area contributed by atoms with Crippen molar-refractivity contribution in [1.82, 2.24) is 4.98 Å². The van der Waals surface area contributed by atoms with E-state index in [4.69, 9.17) is 0 Å². The van der Waals surface area contributed by atoms with E-state index in [9.17, 15) is 5.11 Å². The van der Waals surface area contributed by atoms with Gasteiger partial charge >= 0.3 is 0 Å². The minimum atomic E-state index is 0.0513. The van der Waals surface area contributed by atoms with Crippen LogP contribution in [0.1, 0.15) is 16.7 Å². The minimum Gasteiger partial charge on any atom is -0.392 e. The van der Waals surface area contributed by atoms with Crippen molar-refractivity contribution in [1.29, 1.82) is 0 Å². The second-order valence-electron chi connectivity index (χ2n) is 4.66. The van der Waals surface area contributed by atoms with Gasteiger partial charge in [0.25, 0.3) is 0 Å². The second kappa shape index (κ2) is 4.42. The van der Waals surface area contributed by atoms with Gasteiger partial charge in [0.05, 0.1) is 6.61 Å². The van der Waals surface area contributed by atoms with Gasteiger partial charge < -0.3 is 10.0 Å². The molecule has 3 heteroatoms. The average molecular weight is 240 g/mol. The van der Waals surface area contributed by atoms with Gasteiger partial charge in [-0.3, -0.25) is 0 Å². The summed E-state index contributed by atoms with van der Waals surface area (Å²) >= 11 is 0. The summed E-state index contributed by atoms with van der Waals surface area (Å²) in [6, 6.07) is 10.5. The summed E-state index contributed by atoms with van der Waals surface area (Å²) in [5.74, 6) is 0.967. The number of pyridine rings is 1. The van der Waals surface area contributed by atoms with Crippen LogP contribution in [0.5, 0.6) is 0 Å². The third-order valence-corrected chi connectivity index (χ3v) is 3.54. The van der Waals surface area contributed by atoms with Gasteiger partial charge in [0.1, 0.15) is 5.82 Å². The number of nitrogens with zero attached hydrogens (tertiary/aromatic N) is 2. The van der Waals surface area contributed by atoms with Crippen LogP contribution in [0.4, 0.5) is 11.5 Å². The molecule has 1 aliphatic rings. The molecule has 0 fully saturated rings. The molecule has 3 rings (SSSR count). The van der Waals surface area contributed by atoms with Crippen LogP contribution in [0.3, 0.4) is 0 Å². The molecule has 0 aliphatic carbocycles. The SMILES string of the molecule is Cc1cc(N2CCc3ccccc32)ncc1CO. The summed E-state index contributed by atoms with van der Waals surface area (Å²) in [7, 11) is 0. The van der Waals surface area contributed by atoms with Crippen LogP contribution in [0.15, 0.2) is 36.5 Å². The Morgan fingerprint density at radius 1 is 1.33 bits per heavy atom. The van der Waals surface area contributed by atoms with E-state index < -0.39 is 0 Å². The van der Waals surface area contributed by atoms with Crippen LogP contribution >= 0.6 is 0 Å². The van der Waals surface area contributed by atoms with Crippen LogP contribution in [-0.4, -0.2) is 16.6 Å². The molecule has 0 unspecified atom stereocenters. The predicted molar refractivity (Wildman–Crippen MR) is 72.0 cm³/mol. The van der Waals surface area contributed by atoms with Gasteiger partial charge in [0, 0.05) is 18.4 Å². The second-order valence-corrected chi connectivity index (χ2v) is 4.66. The van der Waals surface area contributed by atoms with Crippen molar-refractivity contribution in [2.24, 2.45) is 0 Å². The van der Waals surface area contributed by atoms with E-state index in [0.717, 1.165) is 29.9 Å². The fraction of sp³-hybridized carbons (Fsp3) is 0.267. The number of hydrogen-bond donors (Lipinski definition) is 1. The Balaban J connectivity index is 2.00. The number of aryl methyl sites for hydroxylation is 1. The number of aromatic nitrogens is 1. The van der Waals surface area contributed by atoms with Crippen LogP contribution in [-0.2, 0) is 13.0 Å². The summed E-state index contributed by atoms with van der Waals surface area (Å²) in [5.41, 5.74) is 4.61. The lowest BCUT2D eigenvalue weighted by molar-refractivity contribution is 0.280. The number of rotatable bonds is 2. The number of aliphatic hydroxyl groups excluding tert-OH is 1. The molecular formula is C15H16N2O. The topological polar surface area (TPSA) is 36.4 Å². The summed E-state index contributed by atoms with van der Waals surface area (Å²) in [5, 5.41) is 9.18. The van der Waals surface area contributed by atoms with E-state index in [1.54, 1.807) is 6.20 Å². The van der Waals surface area contributed by atoms with Crippen molar-refractivity contribution in [3.05, 3.63) is 53.2 Å². The monoisotopic (exact) mass is 240 g/mol. The summed E-state index contributed by atoms with van der Waals surface area (Å²) < 4.78 is 0. The lowest BCUT2D eigenvalue weighted by Gasteiger charge is -2.19. The first-order chi connectivity index (χ1) is 8.79. The molecule has 18 heavy (non-hydrogen) atoms. The molecule has 0 bridgehead atoms. The van der Waals surface area contributed by atoms with Gasteiger partial charge in [-0.05, 0) is 42.2 Å². The zero-order chi connectivity index (χ0) is 12.5. The van der Waals surface area contributed by atoms with Crippen LogP contribution in [0, 0.1) is 6.92 Å². The highest BCUT2D eigenvalue weighted by Crippen LogP contribution is 2.33. The standard InChI is InChI=1S/C15H16N2O/c1-11-8-15(16-9-13(11)10-18)17-7-6-12-4-2-3-5-14(12)17/h2-5,8-9,18H,6-7,10H2,1H3. The molecule has 0 saturated heterocycles. The fourth-order valence-electron chi connectivity index (χ4n) is 2.46. The zero-order valence-electron chi connectivity index (χ0n) is 10.4. The molecule has 0 spiro atoms. The summed E-state index contributed by atoms with van der Waals surface area (Å²) in [6.45, 7) is 3.04. The van der Waals surface area contributed by atoms with Crippen molar-refractivity contribution >= 4 is 11.5 Å². The highest BCUT2D eigenvalue weighted by molar-refractivity contribution is 5.67. The molecule has 0 saturated carbocycles. The van der Waals surface area contributed by atoms with Crippen molar-refractivity contribution in [2.45, 2.75) is 20.0 Å². The Bertz CT molecular complexity index is 580. The molecule has 0 amide bonds. The molecule has 1 aromatic carbocycles. The highest BCUT2D eigenvalue weighted by atomic mass is 16.3. The van der Waals surface area contributed by atoms with Crippen molar-refractivity contribution in [3.8, 4) is 0 Å². The maximum atomic E-state index is 9.18. The van der Waals surface area contributed by atoms with Crippen LogP contribution in [0.25, 0.3) is 0 Å². The van der Waals surface area contributed by atoms with Crippen molar-refractivity contribution in [2.75, 3.05) is 11.4 Å².